The quantitative estimate of drug-likeness (QED) is 0.666. The molecule has 0 aliphatic carbocycles. The molecule has 1 N–H and O–H groups in total. The van der Waals surface area contributed by atoms with Crippen molar-refractivity contribution in [3.8, 4) is 0 Å². The summed E-state index contributed by atoms with van der Waals surface area (Å²) in [5, 5.41) is 6.15. The van der Waals surface area contributed by atoms with Crippen molar-refractivity contribution in [3.63, 3.8) is 0 Å². The van der Waals surface area contributed by atoms with Crippen molar-refractivity contribution in [1.82, 2.24) is 14.9 Å². The summed E-state index contributed by atoms with van der Waals surface area (Å²) in [6.45, 7) is 1.05. The Morgan fingerprint density at radius 1 is 1.41 bits per heavy atom. The number of anilines is 1. The highest BCUT2D eigenvalue weighted by Crippen LogP contribution is 2.30. The van der Waals surface area contributed by atoms with Gasteiger partial charge in [0.25, 0.3) is 0 Å². The van der Waals surface area contributed by atoms with E-state index in [0.29, 0.717) is 5.95 Å². The van der Waals surface area contributed by atoms with Crippen LogP contribution in [0.2, 0.25) is 0 Å². The van der Waals surface area contributed by atoms with Gasteiger partial charge in [0.05, 0.1) is 10.2 Å². The SMILES string of the molecule is CNc1nc(SCCN(C)C)c2sccc2n1. The first kappa shape index (κ1) is 12.6. The molecule has 0 unspecified atom stereocenters. The number of nitrogens with zero attached hydrogens (tertiary/aromatic N) is 3. The Morgan fingerprint density at radius 2 is 2.24 bits per heavy atom. The Hall–Kier alpha value is -0.850. The number of hydrogen-bond acceptors (Lipinski definition) is 6. The molecule has 0 saturated carbocycles. The van der Waals surface area contributed by atoms with E-state index in [2.05, 4.69) is 39.7 Å². The molecule has 2 heterocycles. The largest absolute Gasteiger partial charge is 0.357 e. The van der Waals surface area contributed by atoms with Crippen LogP contribution in [0.4, 0.5) is 5.95 Å². The van der Waals surface area contributed by atoms with Gasteiger partial charge < -0.3 is 10.2 Å². The van der Waals surface area contributed by atoms with E-state index in [4.69, 9.17) is 0 Å². The van der Waals surface area contributed by atoms with Gasteiger partial charge in [0.1, 0.15) is 5.03 Å². The zero-order valence-corrected chi connectivity index (χ0v) is 11.9. The van der Waals surface area contributed by atoms with E-state index in [0.717, 1.165) is 22.8 Å². The number of hydrogen-bond donors (Lipinski definition) is 1. The molecule has 6 heteroatoms. The van der Waals surface area contributed by atoms with Crippen LogP contribution in [-0.2, 0) is 0 Å². The Morgan fingerprint density at radius 3 is 2.94 bits per heavy atom. The maximum absolute atomic E-state index is 4.52. The average molecular weight is 268 g/mol. The summed E-state index contributed by atoms with van der Waals surface area (Å²) in [6.07, 6.45) is 0. The minimum Gasteiger partial charge on any atom is -0.357 e. The third-order valence-electron chi connectivity index (χ3n) is 2.27. The second-order valence-electron chi connectivity index (χ2n) is 3.89. The van der Waals surface area contributed by atoms with Gasteiger partial charge in [-0.2, -0.15) is 0 Å². The zero-order valence-electron chi connectivity index (χ0n) is 10.2. The van der Waals surface area contributed by atoms with Gasteiger partial charge in [0, 0.05) is 19.3 Å². The Bertz CT molecular complexity index is 495. The van der Waals surface area contributed by atoms with Crippen molar-refractivity contribution in [3.05, 3.63) is 11.4 Å². The monoisotopic (exact) mass is 268 g/mol. The lowest BCUT2D eigenvalue weighted by molar-refractivity contribution is 0.437. The summed E-state index contributed by atoms with van der Waals surface area (Å²) < 4.78 is 1.19. The Balaban J connectivity index is 2.21. The molecule has 0 amide bonds. The Kier molecular flexibility index (Phi) is 4.20. The molecule has 92 valence electrons. The van der Waals surface area contributed by atoms with Crippen LogP contribution in [0.1, 0.15) is 0 Å². The summed E-state index contributed by atoms with van der Waals surface area (Å²) in [5.74, 6) is 1.74. The van der Waals surface area contributed by atoms with Gasteiger partial charge in [-0.15, -0.1) is 23.1 Å². The first-order valence-electron chi connectivity index (χ1n) is 5.41. The van der Waals surface area contributed by atoms with Gasteiger partial charge in [-0.25, -0.2) is 9.97 Å². The van der Waals surface area contributed by atoms with Crippen LogP contribution in [0.5, 0.6) is 0 Å². The molecule has 0 aliphatic rings. The maximum Gasteiger partial charge on any atom is 0.224 e. The van der Waals surface area contributed by atoms with Crippen LogP contribution in [0.25, 0.3) is 10.2 Å². The molecule has 0 bridgehead atoms. The van der Waals surface area contributed by atoms with Crippen molar-refractivity contribution in [2.24, 2.45) is 0 Å². The number of thioether (sulfide) groups is 1. The van der Waals surface area contributed by atoms with E-state index in [1.54, 1.807) is 23.1 Å². The summed E-state index contributed by atoms with van der Waals surface area (Å²) in [5.41, 5.74) is 1.03. The molecule has 0 aromatic carbocycles. The number of aromatic nitrogens is 2. The van der Waals surface area contributed by atoms with Crippen LogP contribution in [0.15, 0.2) is 16.5 Å². The van der Waals surface area contributed by atoms with Crippen LogP contribution in [0.3, 0.4) is 0 Å². The van der Waals surface area contributed by atoms with Gasteiger partial charge >= 0.3 is 0 Å². The normalized spacial score (nSPS) is 11.3. The third-order valence-corrected chi connectivity index (χ3v) is 4.27. The number of nitrogens with one attached hydrogen (secondary N) is 1. The first-order chi connectivity index (χ1) is 8.20. The van der Waals surface area contributed by atoms with Gasteiger partial charge in [0.15, 0.2) is 0 Å². The molecule has 0 aliphatic heterocycles. The van der Waals surface area contributed by atoms with E-state index in [1.807, 2.05) is 13.1 Å². The van der Waals surface area contributed by atoms with Crippen molar-refractivity contribution in [1.29, 1.82) is 0 Å². The molecular weight excluding hydrogens is 252 g/mol. The van der Waals surface area contributed by atoms with Crippen LogP contribution in [0, 0.1) is 0 Å². The number of thiophene rings is 1. The molecule has 0 fully saturated rings. The molecule has 2 aromatic heterocycles. The molecule has 17 heavy (non-hydrogen) atoms. The summed E-state index contributed by atoms with van der Waals surface area (Å²) in [6, 6.07) is 2.04. The highest BCUT2D eigenvalue weighted by molar-refractivity contribution is 7.99. The molecule has 0 spiro atoms. The fourth-order valence-electron chi connectivity index (χ4n) is 1.37. The topological polar surface area (TPSA) is 41.1 Å². The second kappa shape index (κ2) is 5.66. The third kappa shape index (κ3) is 3.08. The van der Waals surface area contributed by atoms with Crippen LogP contribution in [-0.4, -0.2) is 48.3 Å². The lowest BCUT2D eigenvalue weighted by Crippen LogP contribution is -2.14. The van der Waals surface area contributed by atoms with E-state index in [9.17, 15) is 0 Å². The maximum atomic E-state index is 4.52. The lowest BCUT2D eigenvalue weighted by Gasteiger charge is -2.09. The molecular formula is C11H16N4S2. The van der Waals surface area contributed by atoms with Gasteiger partial charge in [-0.3, -0.25) is 0 Å². The number of rotatable bonds is 5. The first-order valence-corrected chi connectivity index (χ1v) is 7.27. The molecule has 0 radical (unpaired) electrons. The van der Waals surface area contributed by atoms with Crippen molar-refractivity contribution in [2.45, 2.75) is 5.03 Å². The smallest absolute Gasteiger partial charge is 0.224 e. The highest BCUT2D eigenvalue weighted by Gasteiger charge is 2.08. The second-order valence-corrected chi connectivity index (χ2v) is 5.89. The molecule has 2 rings (SSSR count). The van der Waals surface area contributed by atoms with Crippen LogP contribution >= 0.6 is 23.1 Å². The van der Waals surface area contributed by atoms with Gasteiger partial charge in [-0.05, 0) is 25.5 Å². The minimum atomic E-state index is 0.697. The fraction of sp³-hybridized carbons (Fsp3) is 0.455. The van der Waals surface area contributed by atoms with E-state index < -0.39 is 0 Å². The summed E-state index contributed by atoms with van der Waals surface area (Å²) in [7, 11) is 6.02. The van der Waals surface area contributed by atoms with E-state index in [-0.39, 0.29) is 0 Å². The standard InChI is InChI=1S/C11H16N4S2/c1-12-11-13-8-4-6-16-9(8)10(14-11)17-7-5-15(2)3/h4,6H,5,7H2,1-3H3,(H,12,13,14). The molecule has 4 nitrogen and oxygen atoms in total. The van der Waals surface area contributed by atoms with Crippen molar-refractivity contribution >= 4 is 39.3 Å². The fourth-order valence-corrected chi connectivity index (χ4v) is 3.44. The van der Waals surface area contributed by atoms with Crippen molar-refractivity contribution < 1.29 is 0 Å². The summed E-state index contributed by atoms with van der Waals surface area (Å²) >= 11 is 3.49. The summed E-state index contributed by atoms with van der Waals surface area (Å²) in [4.78, 5) is 11.1. The molecule has 2 aromatic rings. The van der Waals surface area contributed by atoms with Crippen LogP contribution < -0.4 is 5.32 Å². The zero-order chi connectivity index (χ0) is 12.3. The average Bonchev–Trinajstić information content (AvgIpc) is 2.76. The predicted molar refractivity (Wildman–Crippen MR) is 76.2 cm³/mol. The van der Waals surface area contributed by atoms with Gasteiger partial charge in [0.2, 0.25) is 5.95 Å². The minimum absolute atomic E-state index is 0.697. The predicted octanol–water partition coefficient (Wildman–Crippen LogP) is 2.39. The van der Waals surface area contributed by atoms with Crippen molar-refractivity contribution in [2.75, 3.05) is 38.8 Å². The van der Waals surface area contributed by atoms with E-state index in [1.165, 1.54) is 4.70 Å². The highest BCUT2D eigenvalue weighted by atomic mass is 32.2. The lowest BCUT2D eigenvalue weighted by atomic mass is 10.5. The Labute approximate surface area is 109 Å². The molecule has 0 saturated heterocycles. The van der Waals surface area contributed by atoms with E-state index >= 15 is 0 Å². The molecule has 0 atom stereocenters. The van der Waals surface area contributed by atoms with Gasteiger partial charge in [-0.1, -0.05) is 0 Å². The number of fused-ring (bicyclic) bond motifs is 1.